The summed E-state index contributed by atoms with van der Waals surface area (Å²) in [4.78, 5) is 17.0. The predicted octanol–water partition coefficient (Wildman–Crippen LogP) is 5.33. The van der Waals surface area contributed by atoms with E-state index in [1.165, 1.54) is 71.3 Å². The van der Waals surface area contributed by atoms with Crippen LogP contribution in [-0.4, -0.2) is 23.8 Å². The molecule has 0 aromatic carbocycles. The van der Waals surface area contributed by atoms with Crippen LogP contribution in [0.4, 0.5) is 0 Å². The number of methoxy groups -OCH3 is 1. The van der Waals surface area contributed by atoms with Gasteiger partial charge in [-0.2, -0.15) is 0 Å². The zero-order valence-electron chi connectivity index (χ0n) is 14.5. The van der Waals surface area contributed by atoms with Crippen LogP contribution in [0.25, 0.3) is 0 Å². The fraction of sp³-hybridized carbons (Fsp3) is 0.895. The summed E-state index contributed by atoms with van der Waals surface area (Å²) < 4.78 is 5.13. The van der Waals surface area contributed by atoms with E-state index < -0.39 is 5.54 Å². The number of isothiocyanates is 1. The first kappa shape index (κ1) is 18.6. The Balaban J connectivity index is 2.06. The SMILES string of the molecule is COC(=O)[C@@](CCC1CCCCC1)(CC1CCCCC1)N=C=S. The van der Waals surface area contributed by atoms with Crippen LogP contribution in [0.3, 0.4) is 0 Å². The normalized spacial score (nSPS) is 22.8. The van der Waals surface area contributed by atoms with E-state index in [0.29, 0.717) is 5.92 Å². The molecule has 130 valence electrons. The van der Waals surface area contributed by atoms with Gasteiger partial charge in [-0.25, -0.2) is 9.79 Å². The van der Waals surface area contributed by atoms with Crippen molar-refractivity contribution >= 4 is 23.3 Å². The quantitative estimate of drug-likeness (QED) is 0.358. The van der Waals surface area contributed by atoms with Crippen molar-refractivity contribution in [3.8, 4) is 0 Å². The Hall–Kier alpha value is -0.730. The highest BCUT2D eigenvalue weighted by Crippen LogP contribution is 2.38. The molecule has 0 unspecified atom stereocenters. The molecule has 2 fully saturated rings. The van der Waals surface area contributed by atoms with Crippen LogP contribution in [0.15, 0.2) is 4.99 Å². The molecule has 0 bridgehead atoms. The van der Waals surface area contributed by atoms with E-state index in [-0.39, 0.29) is 5.97 Å². The van der Waals surface area contributed by atoms with E-state index in [9.17, 15) is 4.79 Å². The highest BCUT2D eigenvalue weighted by molar-refractivity contribution is 7.78. The van der Waals surface area contributed by atoms with Gasteiger partial charge in [0, 0.05) is 0 Å². The van der Waals surface area contributed by atoms with Crippen LogP contribution < -0.4 is 0 Å². The summed E-state index contributed by atoms with van der Waals surface area (Å²) >= 11 is 4.88. The molecule has 0 aromatic heterocycles. The molecule has 3 nitrogen and oxygen atoms in total. The number of hydrogen-bond acceptors (Lipinski definition) is 4. The number of hydrogen-bond donors (Lipinski definition) is 0. The molecule has 1 atom stereocenters. The van der Waals surface area contributed by atoms with Crippen molar-refractivity contribution in [3.05, 3.63) is 0 Å². The molecule has 2 aliphatic carbocycles. The number of thiocarbonyl (C=S) groups is 1. The monoisotopic (exact) mass is 337 g/mol. The smallest absolute Gasteiger partial charge is 0.334 e. The van der Waals surface area contributed by atoms with Crippen LogP contribution in [0.5, 0.6) is 0 Å². The second-order valence-electron chi connectivity index (χ2n) is 7.48. The van der Waals surface area contributed by atoms with Crippen molar-refractivity contribution in [1.82, 2.24) is 0 Å². The largest absolute Gasteiger partial charge is 0.467 e. The molecule has 0 N–H and O–H groups in total. The van der Waals surface area contributed by atoms with Gasteiger partial charge in [-0.15, -0.1) is 0 Å². The van der Waals surface area contributed by atoms with Gasteiger partial charge in [0.15, 0.2) is 5.54 Å². The Morgan fingerprint density at radius 1 is 1.09 bits per heavy atom. The zero-order valence-corrected chi connectivity index (χ0v) is 15.3. The second kappa shape index (κ2) is 9.54. The number of aliphatic imine (C=N–C) groups is 1. The third-order valence-corrected chi connectivity index (χ3v) is 5.96. The Labute approximate surface area is 146 Å². The summed E-state index contributed by atoms with van der Waals surface area (Å²) in [6.45, 7) is 0. The number of carbonyl (C=O) groups is 1. The third-order valence-electron chi connectivity index (χ3n) is 5.87. The number of rotatable bonds is 7. The Morgan fingerprint density at radius 3 is 2.17 bits per heavy atom. The average Bonchev–Trinajstić information content (AvgIpc) is 2.61. The Bertz CT molecular complexity index is 421. The van der Waals surface area contributed by atoms with Crippen molar-refractivity contribution < 1.29 is 9.53 Å². The minimum absolute atomic E-state index is 0.212. The molecule has 0 amide bonds. The lowest BCUT2D eigenvalue weighted by atomic mass is 9.75. The van der Waals surface area contributed by atoms with Gasteiger partial charge in [0.25, 0.3) is 0 Å². The Morgan fingerprint density at radius 2 is 1.65 bits per heavy atom. The van der Waals surface area contributed by atoms with Gasteiger partial charge in [-0.3, -0.25) is 0 Å². The van der Waals surface area contributed by atoms with Crippen molar-refractivity contribution in [2.45, 2.75) is 89.0 Å². The van der Waals surface area contributed by atoms with Gasteiger partial charge in [0.1, 0.15) is 0 Å². The van der Waals surface area contributed by atoms with Gasteiger partial charge < -0.3 is 4.74 Å². The number of nitrogens with zero attached hydrogens (tertiary/aromatic N) is 1. The van der Waals surface area contributed by atoms with E-state index in [4.69, 9.17) is 17.0 Å². The lowest BCUT2D eigenvalue weighted by Crippen LogP contribution is -2.40. The summed E-state index contributed by atoms with van der Waals surface area (Å²) in [6, 6.07) is 0. The predicted molar refractivity (Wildman–Crippen MR) is 96.8 cm³/mol. The van der Waals surface area contributed by atoms with Crippen LogP contribution in [0, 0.1) is 11.8 Å². The van der Waals surface area contributed by atoms with Crippen molar-refractivity contribution in [3.63, 3.8) is 0 Å². The number of ether oxygens (including phenoxy) is 1. The highest BCUT2D eigenvalue weighted by Gasteiger charge is 2.41. The van der Waals surface area contributed by atoms with E-state index in [1.54, 1.807) is 0 Å². The van der Waals surface area contributed by atoms with Crippen LogP contribution in [0.1, 0.15) is 83.5 Å². The van der Waals surface area contributed by atoms with Gasteiger partial charge in [-0.1, -0.05) is 64.2 Å². The first-order valence-corrected chi connectivity index (χ1v) is 9.78. The highest BCUT2D eigenvalue weighted by atomic mass is 32.1. The molecule has 0 aromatic rings. The zero-order chi connectivity index (χ0) is 16.5. The molecule has 0 radical (unpaired) electrons. The van der Waals surface area contributed by atoms with Crippen LogP contribution in [-0.2, 0) is 9.53 Å². The van der Waals surface area contributed by atoms with Crippen molar-refractivity contribution in [2.75, 3.05) is 7.11 Å². The Kier molecular flexibility index (Phi) is 7.72. The molecular weight excluding hydrogens is 306 g/mol. The summed E-state index contributed by atoms with van der Waals surface area (Å²) in [7, 11) is 1.47. The van der Waals surface area contributed by atoms with Crippen LogP contribution in [0.2, 0.25) is 0 Å². The van der Waals surface area contributed by atoms with E-state index in [1.807, 2.05) is 0 Å². The molecule has 2 aliphatic rings. The molecule has 4 heteroatoms. The van der Waals surface area contributed by atoms with Gasteiger partial charge in [0.05, 0.1) is 12.3 Å². The standard InChI is InChI=1S/C19H31NO2S/c1-22-18(21)19(20-15-23,14-17-10-6-3-7-11-17)13-12-16-8-4-2-5-9-16/h16-17H,2-14H2,1H3/t19-/m1/s1. The fourth-order valence-corrected chi connectivity index (χ4v) is 4.67. The molecular formula is C19H31NO2S. The second-order valence-corrected chi connectivity index (χ2v) is 7.66. The molecule has 23 heavy (non-hydrogen) atoms. The molecule has 0 aliphatic heterocycles. The van der Waals surface area contributed by atoms with Gasteiger partial charge in [-0.05, 0) is 43.3 Å². The molecule has 2 rings (SSSR count). The molecule has 0 heterocycles. The summed E-state index contributed by atoms with van der Waals surface area (Å²) in [6.07, 6.45) is 15.5. The topological polar surface area (TPSA) is 38.7 Å². The van der Waals surface area contributed by atoms with Crippen molar-refractivity contribution in [2.24, 2.45) is 16.8 Å². The van der Waals surface area contributed by atoms with Crippen molar-refractivity contribution in [1.29, 1.82) is 0 Å². The maximum atomic E-state index is 12.6. The van der Waals surface area contributed by atoms with Crippen LogP contribution >= 0.6 is 12.2 Å². The fourth-order valence-electron chi connectivity index (χ4n) is 4.50. The van der Waals surface area contributed by atoms with E-state index in [2.05, 4.69) is 10.2 Å². The summed E-state index contributed by atoms with van der Waals surface area (Å²) in [5.74, 6) is 1.09. The molecule has 2 saturated carbocycles. The maximum Gasteiger partial charge on any atom is 0.334 e. The minimum atomic E-state index is -0.782. The average molecular weight is 338 g/mol. The van der Waals surface area contributed by atoms with Gasteiger partial charge in [0.2, 0.25) is 0 Å². The van der Waals surface area contributed by atoms with E-state index in [0.717, 1.165) is 25.2 Å². The lowest BCUT2D eigenvalue weighted by Gasteiger charge is -2.33. The van der Waals surface area contributed by atoms with E-state index >= 15 is 0 Å². The first-order valence-electron chi connectivity index (χ1n) is 9.37. The minimum Gasteiger partial charge on any atom is -0.467 e. The summed E-state index contributed by atoms with van der Waals surface area (Å²) in [5, 5.41) is 2.51. The first-order chi connectivity index (χ1) is 11.2. The number of esters is 1. The molecule has 0 saturated heterocycles. The maximum absolute atomic E-state index is 12.6. The third kappa shape index (κ3) is 5.39. The summed E-state index contributed by atoms with van der Waals surface area (Å²) in [5.41, 5.74) is -0.782. The number of carbonyl (C=O) groups excluding carboxylic acids is 1. The van der Waals surface area contributed by atoms with Gasteiger partial charge >= 0.3 is 5.97 Å². The lowest BCUT2D eigenvalue weighted by molar-refractivity contribution is -0.148. The molecule has 0 spiro atoms.